The van der Waals surface area contributed by atoms with Gasteiger partial charge in [0.1, 0.15) is 6.04 Å². The molecule has 7 nitrogen and oxygen atoms in total. The van der Waals surface area contributed by atoms with Gasteiger partial charge < -0.3 is 16.2 Å². The summed E-state index contributed by atoms with van der Waals surface area (Å²) in [5, 5.41) is 21.7. The molecule has 0 aromatic carbocycles. The molecule has 2 heterocycles. The van der Waals surface area contributed by atoms with Gasteiger partial charge >= 0.3 is 5.97 Å². The van der Waals surface area contributed by atoms with E-state index in [1.54, 1.807) is 17.6 Å². The predicted molar refractivity (Wildman–Crippen MR) is 66.0 cm³/mol. The van der Waals surface area contributed by atoms with Crippen LogP contribution in [0.3, 0.4) is 0 Å². The monoisotopic (exact) mass is 265 g/mol. The lowest BCUT2D eigenvalue weighted by Gasteiger charge is -2.02. The molecule has 0 aliphatic carbocycles. The molecule has 0 aliphatic heterocycles. The molecule has 2 aromatic heterocycles. The van der Waals surface area contributed by atoms with Crippen molar-refractivity contribution in [1.82, 2.24) is 15.2 Å². The summed E-state index contributed by atoms with van der Waals surface area (Å²) in [6, 6.07) is 2.53. The maximum atomic E-state index is 10.7. The number of hydrogen-bond donors (Lipinski definition) is 3. The average Bonchev–Trinajstić information content (AvgIpc) is 2.85. The maximum absolute atomic E-state index is 10.7. The van der Waals surface area contributed by atoms with E-state index in [-0.39, 0.29) is 0 Å². The molecular weight excluding hydrogens is 254 g/mol. The molecule has 0 radical (unpaired) electrons. The van der Waals surface area contributed by atoms with Crippen LogP contribution in [0.4, 0.5) is 5.13 Å². The zero-order valence-electron chi connectivity index (χ0n) is 9.28. The lowest BCUT2D eigenvalue weighted by atomic mass is 10.2. The molecule has 18 heavy (non-hydrogen) atoms. The van der Waals surface area contributed by atoms with Crippen LogP contribution in [0.25, 0.3) is 0 Å². The van der Waals surface area contributed by atoms with Crippen molar-refractivity contribution in [3.8, 4) is 0 Å². The minimum absolute atomic E-state index is 0.342. The van der Waals surface area contributed by atoms with E-state index in [9.17, 15) is 4.79 Å². The van der Waals surface area contributed by atoms with Crippen molar-refractivity contribution in [2.75, 3.05) is 5.32 Å². The van der Waals surface area contributed by atoms with Crippen LogP contribution >= 0.6 is 11.3 Å². The van der Waals surface area contributed by atoms with Crippen molar-refractivity contribution >= 4 is 22.4 Å². The number of nitrogens with two attached hydrogens (primary N) is 1. The van der Waals surface area contributed by atoms with Crippen molar-refractivity contribution in [2.45, 2.75) is 12.6 Å². The Kier molecular flexibility index (Phi) is 3.80. The smallest absolute Gasteiger partial charge is 0.326 e. The Bertz CT molecular complexity index is 530. The lowest BCUT2D eigenvalue weighted by molar-refractivity contribution is -0.138. The zero-order chi connectivity index (χ0) is 13.0. The molecule has 0 saturated heterocycles. The number of thiazole rings is 1. The predicted octanol–water partition coefficient (Wildman–Crippen LogP) is 0.630. The molecule has 0 amide bonds. The van der Waals surface area contributed by atoms with E-state index in [1.165, 1.54) is 11.3 Å². The van der Waals surface area contributed by atoms with Crippen LogP contribution in [0.1, 0.15) is 17.4 Å². The Balaban J connectivity index is 1.97. The Labute approximate surface area is 107 Å². The number of hydrogen-bond acceptors (Lipinski definition) is 7. The third-order valence-electron chi connectivity index (χ3n) is 2.15. The van der Waals surface area contributed by atoms with Crippen molar-refractivity contribution in [2.24, 2.45) is 5.73 Å². The number of carboxylic acids is 1. The molecule has 0 bridgehead atoms. The summed E-state index contributed by atoms with van der Waals surface area (Å²) in [5.74, 6) is -1.10. The molecular formula is C10H11N5O2S. The summed E-state index contributed by atoms with van der Waals surface area (Å²) < 4.78 is 0. The second kappa shape index (κ2) is 5.52. The molecule has 1 unspecified atom stereocenters. The van der Waals surface area contributed by atoms with E-state index in [0.29, 0.717) is 17.4 Å². The Morgan fingerprint density at radius 2 is 2.44 bits per heavy atom. The van der Waals surface area contributed by atoms with Gasteiger partial charge in [0, 0.05) is 11.6 Å². The highest BCUT2D eigenvalue weighted by molar-refractivity contribution is 7.13. The van der Waals surface area contributed by atoms with E-state index in [1.807, 2.05) is 6.07 Å². The summed E-state index contributed by atoms with van der Waals surface area (Å²) in [6.45, 7) is 0.475. The van der Waals surface area contributed by atoms with E-state index >= 15 is 0 Å². The van der Waals surface area contributed by atoms with Crippen molar-refractivity contribution < 1.29 is 9.90 Å². The van der Waals surface area contributed by atoms with Gasteiger partial charge in [-0.3, -0.25) is 4.79 Å². The third kappa shape index (κ3) is 2.99. The molecule has 94 valence electrons. The number of aliphatic carboxylic acids is 1. The number of anilines is 1. The molecule has 1 atom stereocenters. The van der Waals surface area contributed by atoms with Gasteiger partial charge in [0.25, 0.3) is 0 Å². The molecule has 0 aliphatic rings. The number of nitrogens with zero attached hydrogens (tertiary/aromatic N) is 3. The van der Waals surface area contributed by atoms with E-state index in [0.717, 1.165) is 5.69 Å². The van der Waals surface area contributed by atoms with Gasteiger partial charge in [-0.15, -0.1) is 11.3 Å². The summed E-state index contributed by atoms with van der Waals surface area (Å²) in [5.41, 5.74) is 6.57. The van der Waals surface area contributed by atoms with Gasteiger partial charge in [0.2, 0.25) is 0 Å². The van der Waals surface area contributed by atoms with Gasteiger partial charge in [-0.1, -0.05) is 0 Å². The van der Waals surface area contributed by atoms with Crippen LogP contribution in [0.5, 0.6) is 0 Å². The topological polar surface area (TPSA) is 114 Å². The minimum atomic E-state index is -1.10. The van der Waals surface area contributed by atoms with Crippen molar-refractivity contribution in [1.29, 1.82) is 0 Å². The molecule has 8 heteroatoms. The molecule has 0 spiro atoms. The zero-order valence-corrected chi connectivity index (χ0v) is 10.1. The Hall–Kier alpha value is -2.06. The summed E-state index contributed by atoms with van der Waals surface area (Å²) in [7, 11) is 0. The van der Waals surface area contributed by atoms with Crippen LogP contribution in [0.2, 0.25) is 0 Å². The van der Waals surface area contributed by atoms with Crippen LogP contribution in [-0.2, 0) is 11.3 Å². The Morgan fingerprint density at radius 3 is 3.11 bits per heavy atom. The highest BCUT2D eigenvalue weighted by Gasteiger charge is 2.17. The van der Waals surface area contributed by atoms with Crippen molar-refractivity contribution in [3.05, 3.63) is 35.1 Å². The average molecular weight is 265 g/mol. The summed E-state index contributed by atoms with van der Waals surface area (Å²) >= 11 is 1.30. The number of nitrogens with one attached hydrogen (secondary N) is 1. The largest absolute Gasteiger partial charge is 0.480 e. The van der Waals surface area contributed by atoms with E-state index < -0.39 is 12.0 Å². The van der Waals surface area contributed by atoms with E-state index in [4.69, 9.17) is 10.8 Å². The highest BCUT2D eigenvalue weighted by Crippen LogP contribution is 2.19. The molecule has 0 fully saturated rings. The molecule has 0 saturated carbocycles. The lowest BCUT2D eigenvalue weighted by Crippen LogP contribution is -2.20. The van der Waals surface area contributed by atoms with Crippen molar-refractivity contribution in [3.63, 3.8) is 0 Å². The first-order valence-electron chi connectivity index (χ1n) is 5.11. The van der Waals surface area contributed by atoms with Crippen LogP contribution in [-0.4, -0.2) is 26.3 Å². The van der Waals surface area contributed by atoms with Gasteiger partial charge in [-0.05, 0) is 12.1 Å². The quantitative estimate of drug-likeness (QED) is 0.726. The normalized spacial score (nSPS) is 12.1. The Morgan fingerprint density at radius 1 is 1.61 bits per heavy atom. The first kappa shape index (κ1) is 12.4. The van der Waals surface area contributed by atoms with Gasteiger partial charge in [-0.2, -0.15) is 10.2 Å². The fraction of sp³-hybridized carbons (Fsp3) is 0.200. The van der Waals surface area contributed by atoms with Crippen LogP contribution < -0.4 is 11.1 Å². The van der Waals surface area contributed by atoms with Gasteiger partial charge in [-0.25, -0.2) is 4.98 Å². The fourth-order valence-corrected chi connectivity index (χ4v) is 1.98. The molecule has 4 N–H and O–H groups in total. The van der Waals surface area contributed by atoms with Gasteiger partial charge in [0.05, 0.1) is 17.9 Å². The number of aromatic nitrogens is 3. The standard InChI is InChI=1S/C10H11N5O2S/c11-8(9(16)17)7-5-18-10(14-7)12-4-6-2-1-3-13-15-6/h1-3,5,8H,4,11H2,(H,12,14)(H,16,17). The second-order valence-electron chi connectivity index (χ2n) is 3.46. The summed E-state index contributed by atoms with van der Waals surface area (Å²) in [6.07, 6.45) is 1.59. The number of rotatable bonds is 5. The SMILES string of the molecule is NC(C(=O)O)c1csc(NCc2cccnn2)n1. The first-order valence-corrected chi connectivity index (χ1v) is 5.99. The first-order chi connectivity index (χ1) is 8.66. The maximum Gasteiger partial charge on any atom is 0.326 e. The second-order valence-corrected chi connectivity index (χ2v) is 4.32. The fourth-order valence-electron chi connectivity index (χ4n) is 1.23. The molecule has 2 aromatic rings. The number of carbonyl (C=O) groups is 1. The molecule has 2 rings (SSSR count). The minimum Gasteiger partial charge on any atom is -0.480 e. The summed E-state index contributed by atoms with van der Waals surface area (Å²) in [4.78, 5) is 14.8. The third-order valence-corrected chi connectivity index (χ3v) is 2.97. The van der Waals surface area contributed by atoms with Gasteiger partial charge in [0.15, 0.2) is 5.13 Å². The van der Waals surface area contributed by atoms with E-state index in [2.05, 4.69) is 20.5 Å². The van der Waals surface area contributed by atoms with Crippen LogP contribution in [0, 0.1) is 0 Å². The van der Waals surface area contributed by atoms with Crippen LogP contribution in [0.15, 0.2) is 23.7 Å². The highest BCUT2D eigenvalue weighted by atomic mass is 32.1. The number of carboxylic acid groups (broad SMARTS) is 1.